The van der Waals surface area contributed by atoms with E-state index in [1.165, 1.54) is 233 Å². The summed E-state index contributed by atoms with van der Waals surface area (Å²) in [7, 11) is 0. The molecule has 0 saturated carbocycles. The van der Waals surface area contributed by atoms with E-state index in [9.17, 15) is 0 Å². The van der Waals surface area contributed by atoms with Crippen molar-refractivity contribution in [3.8, 4) is 100 Å². The topological polar surface area (TPSA) is 9.72 Å². The Morgan fingerprint density at radius 3 is 0.709 bits per heavy atom. The van der Waals surface area contributed by atoms with Crippen LogP contribution in [0.2, 0.25) is 0 Å². The molecule has 0 fully saturated rings. The van der Waals surface area contributed by atoms with Crippen LogP contribution in [0.15, 0.2) is 455 Å². The van der Waals surface area contributed by atoms with Gasteiger partial charge in [0.25, 0.3) is 0 Å². The minimum absolute atomic E-state index is 0.0331. The third-order valence-corrected chi connectivity index (χ3v) is 32.5. The van der Waals surface area contributed by atoms with Crippen LogP contribution in [0.1, 0.15) is 150 Å². The Morgan fingerprint density at radius 2 is 0.355 bits per heavy atom. The summed E-state index contributed by atoms with van der Waals surface area (Å²) in [6, 6.07) is 169. The highest BCUT2D eigenvalue weighted by Gasteiger charge is 2.44. The minimum Gasteiger partial charge on any atom is -0.310 e. The number of benzene rings is 21. The first kappa shape index (κ1) is 86.4. The second-order valence-corrected chi connectivity index (χ2v) is 42.7. The summed E-state index contributed by atoms with van der Waals surface area (Å²) < 4.78 is 0. The molecule has 6 aliphatic rings. The van der Waals surface area contributed by atoms with Crippen LogP contribution in [0.5, 0.6) is 0 Å². The van der Waals surface area contributed by atoms with Gasteiger partial charge in [0.05, 0.1) is 5.69 Å². The molecule has 141 heavy (non-hydrogen) atoms. The molecule has 6 aliphatic carbocycles. The molecule has 678 valence electrons. The van der Waals surface area contributed by atoms with Gasteiger partial charge in [-0.15, -0.1) is 0 Å². The first-order valence-electron chi connectivity index (χ1n) is 50.1. The molecule has 3 nitrogen and oxygen atoms in total. The molecule has 21 aromatic carbocycles. The van der Waals surface area contributed by atoms with E-state index in [1.54, 1.807) is 0 Å². The van der Waals surface area contributed by atoms with Crippen molar-refractivity contribution in [2.45, 2.75) is 116 Å². The van der Waals surface area contributed by atoms with E-state index in [2.05, 4.69) is 553 Å². The lowest BCUT2D eigenvalue weighted by atomic mass is 9.82. The molecule has 0 bridgehead atoms. The van der Waals surface area contributed by atoms with Crippen molar-refractivity contribution >= 4 is 83.5 Å². The average Bonchev–Trinajstić information content (AvgIpc) is 1.57. The first-order chi connectivity index (χ1) is 68.4. The lowest BCUT2D eigenvalue weighted by molar-refractivity contribution is 0.659. The molecule has 21 aromatic rings. The molecule has 27 rings (SSSR count). The van der Waals surface area contributed by atoms with Gasteiger partial charge in [-0.05, 0) is 315 Å². The molecule has 0 heterocycles. The summed E-state index contributed by atoms with van der Waals surface area (Å²) >= 11 is 0. The Labute approximate surface area is 829 Å². The fraction of sp³-hybridized carbons (Fsp3) is 0.130. The predicted molar refractivity (Wildman–Crippen MR) is 598 cm³/mol. The molecule has 0 unspecified atom stereocenters. The zero-order valence-electron chi connectivity index (χ0n) is 82.1. The Kier molecular flexibility index (Phi) is 20.1. The number of nitrogens with zero attached hydrogens (tertiary/aromatic N) is 3. The number of fused-ring (bicyclic) bond motifs is 21. The largest absolute Gasteiger partial charge is 0.310 e. The van der Waals surface area contributed by atoms with Crippen molar-refractivity contribution in [2.24, 2.45) is 0 Å². The fourth-order valence-corrected chi connectivity index (χ4v) is 25.0. The van der Waals surface area contributed by atoms with Crippen LogP contribution in [0, 0.1) is 0 Å². The third kappa shape index (κ3) is 14.0. The van der Waals surface area contributed by atoms with E-state index >= 15 is 0 Å². The van der Waals surface area contributed by atoms with Gasteiger partial charge >= 0.3 is 0 Å². The van der Waals surface area contributed by atoms with Gasteiger partial charge in [0, 0.05) is 83.6 Å². The highest BCUT2D eigenvalue weighted by Crippen LogP contribution is 2.60. The Balaban J connectivity index is 0.000000111. The van der Waals surface area contributed by atoms with Crippen LogP contribution in [0.3, 0.4) is 0 Å². The predicted octanol–water partition coefficient (Wildman–Crippen LogP) is 37.8. The Bertz CT molecular complexity index is 8600. The van der Waals surface area contributed by atoms with Crippen molar-refractivity contribution in [1.29, 1.82) is 0 Å². The van der Waals surface area contributed by atoms with Crippen LogP contribution in [0.4, 0.5) is 51.2 Å². The summed E-state index contributed by atoms with van der Waals surface area (Å²) in [5.74, 6) is 0. The quantitative estimate of drug-likeness (QED) is 0.121. The molecule has 0 saturated heterocycles. The van der Waals surface area contributed by atoms with Crippen molar-refractivity contribution in [1.82, 2.24) is 0 Å². The lowest BCUT2D eigenvalue weighted by Crippen LogP contribution is -2.18. The highest BCUT2D eigenvalue weighted by atomic mass is 15.2. The van der Waals surface area contributed by atoms with Gasteiger partial charge in [-0.25, -0.2) is 0 Å². The molecule has 0 spiro atoms. The molecule has 3 heteroatoms. The summed E-state index contributed by atoms with van der Waals surface area (Å²) in [4.78, 5) is 7.42. The Hall–Kier alpha value is -16.2. The lowest BCUT2D eigenvalue weighted by Gasteiger charge is -2.30. The van der Waals surface area contributed by atoms with Gasteiger partial charge in [0.1, 0.15) is 0 Å². The molecule has 0 atom stereocenters. The van der Waals surface area contributed by atoms with Crippen molar-refractivity contribution < 1.29 is 0 Å². The number of hydrogen-bond acceptors (Lipinski definition) is 3. The van der Waals surface area contributed by atoms with Gasteiger partial charge in [-0.2, -0.15) is 0 Å². The monoisotopic (exact) mass is 1810 g/mol. The number of rotatable bonds is 12. The number of anilines is 9. The smallest absolute Gasteiger partial charge is 0.0543 e. The van der Waals surface area contributed by atoms with E-state index in [4.69, 9.17) is 0 Å². The molecule has 0 aromatic heterocycles. The number of hydrogen-bond donors (Lipinski definition) is 0. The minimum atomic E-state index is -0.0895. The van der Waals surface area contributed by atoms with Gasteiger partial charge in [0.2, 0.25) is 0 Å². The van der Waals surface area contributed by atoms with E-state index in [0.29, 0.717) is 0 Å². The van der Waals surface area contributed by atoms with Gasteiger partial charge in [0.15, 0.2) is 0 Å². The standard InChI is InChI=1S/3C46H37N/c1-45(2)40-20-10-8-18-38(40)44-41(45)21-12-22-43(44)47(35-25-26-37-36-17-7-9-19-39(36)46(3,4)42(37)29-35)34-16-11-15-32(28-34)33-24-23-30-13-5-6-14-31(30)27-33;1-45(2)42-19-10-8-17-38(42)40-28-35(23-25-43(40)45)47(36-22-24-39-37-16-7-9-18-41(37)46(3,4)44(39)29-36)34-15-11-14-32(27-34)33-21-20-30-12-5-6-13-31(30)26-33;1-45(2)41-18-9-7-16-37(41)39-24-22-35(28-43(39)45)47(36-23-25-40-38-17-8-10-19-42(38)46(3,4)44(40)29-36)34-15-11-14-32(27-34)33-21-20-30-12-5-6-13-31(30)26-33/h3*5-29H,1-4H3. The van der Waals surface area contributed by atoms with Crippen LogP contribution in [-0.4, -0.2) is 0 Å². The molecular weight excluding hydrogens is 1700 g/mol. The first-order valence-corrected chi connectivity index (χ1v) is 50.1. The summed E-state index contributed by atoms with van der Waals surface area (Å²) in [6.07, 6.45) is 0. The van der Waals surface area contributed by atoms with Crippen molar-refractivity contribution in [3.05, 3.63) is 522 Å². The maximum atomic E-state index is 2.50. The van der Waals surface area contributed by atoms with E-state index in [-0.39, 0.29) is 32.5 Å². The van der Waals surface area contributed by atoms with E-state index < -0.39 is 0 Å². The van der Waals surface area contributed by atoms with Crippen LogP contribution >= 0.6 is 0 Å². The molecule has 0 amide bonds. The third-order valence-electron chi connectivity index (χ3n) is 32.5. The van der Waals surface area contributed by atoms with E-state index in [0.717, 1.165) is 17.1 Å². The second-order valence-electron chi connectivity index (χ2n) is 42.7. The summed E-state index contributed by atoms with van der Waals surface area (Å²) in [5.41, 5.74) is 50.1. The maximum absolute atomic E-state index is 2.50. The SMILES string of the molecule is CC1(C)c2ccccc2-c2cc(N(c3cccc(-c4ccc5ccccc5c4)c3)c3ccc4c(c3)C(C)(C)c3ccccc3-4)ccc21.CC1(C)c2ccccc2-c2ccc(N(c3cccc(-c4ccc5ccccc5c4)c3)c3ccc4c(c3)C(C)(C)c3ccccc3-4)cc21.CC1(C)c2ccccc2-c2ccc(N(c3cccc(-c4ccc5ccccc5c4)c3)c3cccc4c3-c3ccccc3C4(C)C)cc21. The van der Waals surface area contributed by atoms with Crippen molar-refractivity contribution in [2.75, 3.05) is 14.7 Å². The average molecular weight is 1810 g/mol. The van der Waals surface area contributed by atoms with Gasteiger partial charge in [-0.1, -0.05) is 417 Å². The van der Waals surface area contributed by atoms with Crippen LogP contribution in [0.25, 0.3) is 132 Å². The van der Waals surface area contributed by atoms with Crippen LogP contribution < -0.4 is 14.7 Å². The fourth-order valence-electron chi connectivity index (χ4n) is 25.0. The van der Waals surface area contributed by atoms with Crippen molar-refractivity contribution in [3.63, 3.8) is 0 Å². The molecule has 0 aliphatic heterocycles. The van der Waals surface area contributed by atoms with E-state index in [1.807, 2.05) is 0 Å². The summed E-state index contributed by atoms with van der Waals surface area (Å²) in [5, 5.41) is 7.56. The van der Waals surface area contributed by atoms with Gasteiger partial charge in [-0.3, -0.25) is 0 Å². The second kappa shape index (κ2) is 32.7. The zero-order chi connectivity index (χ0) is 95.7. The molecule has 0 radical (unpaired) electrons. The highest BCUT2D eigenvalue weighted by molar-refractivity contribution is 6.00. The normalized spacial score (nSPS) is 14.7. The summed E-state index contributed by atoms with van der Waals surface area (Å²) in [6.45, 7) is 28.3. The Morgan fingerprint density at radius 1 is 0.128 bits per heavy atom. The molecular formula is C138H111N3. The maximum Gasteiger partial charge on any atom is 0.0543 e. The molecule has 0 N–H and O–H groups in total. The van der Waals surface area contributed by atoms with Gasteiger partial charge < -0.3 is 14.7 Å². The zero-order valence-corrected chi connectivity index (χ0v) is 82.1. The van der Waals surface area contributed by atoms with Crippen LogP contribution in [-0.2, 0) is 32.5 Å².